The van der Waals surface area contributed by atoms with Crippen molar-refractivity contribution in [2.75, 3.05) is 26.2 Å². The fourth-order valence-corrected chi connectivity index (χ4v) is 7.04. The van der Waals surface area contributed by atoms with Gasteiger partial charge in [-0.15, -0.1) is 11.3 Å². The summed E-state index contributed by atoms with van der Waals surface area (Å²) in [6.45, 7) is 9.21. The number of nitrogens with one attached hydrogen (secondary N) is 1. The Kier molecular flexibility index (Phi) is 12.5. The van der Waals surface area contributed by atoms with E-state index in [1.54, 1.807) is 23.6 Å². The molecule has 0 radical (unpaired) electrons. The summed E-state index contributed by atoms with van der Waals surface area (Å²) < 4.78 is 18.9. The van der Waals surface area contributed by atoms with Crippen LogP contribution in [0.2, 0.25) is 5.02 Å². The van der Waals surface area contributed by atoms with Crippen LogP contribution in [0.4, 0.5) is 0 Å². The van der Waals surface area contributed by atoms with Crippen LogP contribution in [-0.2, 0) is 26.3 Å². The van der Waals surface area contributed by atoms with Gasteiger partial charge in [0.25, 0.3) is 0 Å². The fraction of sp³-hybridized carbons (Fsp3) is 0.325. The SMILES string of the molecule is Cc1c(COc2cc(OCc3cncc(C#N)c3)c(CNCc3cncs3)cc2Cl)cccc1-c1cccc(OCCCN2CCC(O)C2)c1C. The third-order valence-electron chi connectivity index (χ3n) is 9.06. The summed E-state index contributed by atoms with van der Waals surface area (Å²) in [5.41, 5.74) is 9.45. The lowest BCUT2D eigenvalue weighted by Crippen LogP contribution is -2.24. The Labute approximate surface area is 308 Å². The highest BCUT2D eigenvalue weighted by atomic mass is 35.5. The predicted molar refractivity (Wildman–Crippen MR) is 200 cm³/mol. The van der Waals surface area contributed by atoms with Crippen LogP contribution in [0.25, 0.3) is 11.1 Å². The van der Waals surface area contributed by atoms with E-state index in [2.05, 4.69) is 64.4 Å². The quantitative estimate of drug-likeness (QED) is 0.0993. The molecule has 2 N–H and O–H groups in total. The number of aromatic nitrogens is 2. The first-order valence-electron chi connectivity index (χ1n) is 17.1. The molecule has 9 nitrogen and oxygen atoms in total. The molecule has 264 valence electrons. The minimum absolute atomic E-state index is 0.200. The van der Waals surface area contributed by atoms with Gasteiger partial charge in [-0.2, -0.15) is 5.26 Å². The molecule has 2 aromatic heterocycles. The van der Waals surface area contributed by atoms with Gasteiger partial charge in [-0.1, -0.05) is 41.9 Å². The topological polar surface area (TPSA) is 113 Å². The number of rotatable bonds is 16. The van der Waals surface area contributed by atoms with Gasteiger partial charge in [0.2, 0.25) is 0 Å². The number of aliphatic hydroxyl groups excluding tert-OH is 1. The van der Waals surface area contributed by atoms with E-state index >= 15 is 0 Å². The number of nitriles is 1. The molecule has 3 heterocycles. The molecule has 6 rings (SSSR count). The first-order chi connectivity index (χ1) is 24.9. The number of aliphatic hydroxyl groups is 1. The normalized spacial score (nSPS) is 14.4. The van der Waals surface area contributed by atoms with Crippen molar-refractivity contribution in [3.8, 4) is 34.4 Å². The molecule has 5 aromatic rings. The van der Waals surface area contributed by atoms with Gasteiger partial charge >= 0.3 is 0 Å². The van der Waals surface area contributed by atoms with E-state index in [4.69, 9.17) is 25.8 Å². The zero-order chi connectivity index (χ0) is 35.6. The molecule has 0 aliphatic carbocycles. The molecular formula is C40H42ClN5O4S. The van der Waals surface area contributed by atoms with Gasteiger partial charge in [-0.05, 0) is 72.7 Å². The van der Waals surface area contributed by atoms with Crippen LogP contribution in [0.5, 0.6) is 17.2 Å². The molecule has 0 saturated carbocycles. The number of ether oxygens (including phenoxy) is 3. The lowest BCUT2D eigenvalue weighted by Gasteiger charge is -2.19. The summed E-state index contributed by atoms with van der Waals surface area (Å²) in [7, 11) is 0. The first-order valence-corrected chi connectivity index (χ1v) is 18.4. The summed E-state index contributed by atoms with van der Waals surface area (Å²) in [4.78, 5) is 11.7. The van der Waals surface area contributed by atoms with Crippen LogP contribution < -0.4 is 19.5 Å². The predicted octanol–water partition coefficient (Wildman–Crippen LogP) is 7.63. The van der Waals surface area contributed by atoms with Crippen molar-refractivity contribution in [2.45, 2.75) is 59.1 Å². The number of likely N-dealkylation sites (tertiary alicyclic amines) is 1. The van der Waals surface area contributed by atoms with Gasteiger partial charge in [-0.25, -0.2) is 0 Å². The minimum atomic E-state index is -0.200. The van der Waals surface area contributed by atoms with Gasteiger partial charge in [0.05, 0.1) is 28.8 Å². The van der Waals surface area contributed by atoms with Crippen molar-refractivity contribution in [3.63, 3.8) is 0 Å². The largest absolute Gasteiger partial charge is 0.493 e. The molecule has 1 atom stereocenters. The summed E-state index contributed by atoms with van der Waals surface area (Å²) in [6, 6.07) is 20.1. The van der Waals surface area contributed by atoms with E-state index < -0.39 is 0 Å². The Morgan fingerprint density at radius 3 is 2.53 bits per heavy atom. The second kappa shape index (κ2) is 17.6. The molecule has 1 unspecified atom stereocenters. The highest BCUT2D eigenvalue weighted by Crippen LogP contribution is 2.36. The number of thiazole rings is 1. The molecular weight excluding hydrogens is 682 g/mol. The molecule has 0 bridgehead atoms. The lowest BCUT2D eigenvalue weighted by molar-refractivity contribution is 0.173. The Morgan fingerprint density at radius 1 is 0.922 bits per heavy atom. The second-order valence-electron chi connectivity index (χ2n) is 12.7. The maximum atomic E-state index is 9.79. The molecule has 1 aliphatic rings. The second-order valence-corrected chi connectivity index (χ2v) is 14.1. The zero-order valence-electron chi connectivity index (χ0n) is 28.9. The van der Waals surface area contributed by atoms with Crippen molar-refractivity contribution in [3.05, 3.63) is 122 Å². The van der Waals surface area contributed by atoms with Crippen LogP contribution in [0.1, 0.15) is 51.1 Å². The number of halogens is 1. The average molecular weight is 724 g/mol. The lowest BCUT2D eigenvalue weighted by atomic mass is 9.93. The van der Waals surface area contributed by atoms with Crippen LogP contribution in [0, 0.1) is 25.2 Å². The van der Waals surface area contributed by atoms with Gasteiger partial charge in [0.1, 0.15) is 36.5 Å². The maximum absolute atomic E-state index is 9.79. The van der Waals surface area contributed by atoms with Gasteiger partial charge in [0, 0.05) is 73.4 Å². The zero-order valence-corrected chi connectivity index (χ0v) is 30.5. The third kappa shape index (κ3) is 9.64. The van der Waals surface area contributed by atoms with E-state index in [1.807, 2.05) is 36.0 Å². The molecule has 1 fully saturated rings. The van der Waals surface area contributed by atoms with Crippen LogP contribution in [0.15, 0.2) is 78.7 Å². The Morgan fingerprint density at radius 2 is 1.75 bits per heavy atom. The molecule has 0 spiro atoms. The van der Waals surface area contributed by atoms with Crippen molar-refractivity contribution >= 4 is 22.9 Å². The van der Waals surface area contributed by atoms with E-state index in [-0.39, 0.29) is 12.7 Å². The van der Waals surface area contributed by atoms with E-state index in [0.717, 1.165) is 82.0 Å². The smallest absolute Gasteiger partial charge is 0.142 e. The summed E-state index contributed by atoms with van der Waals surface area (Å²) in [6.07, 6.45) is 6.63. The number of nitrogens with zero attached hydrogens (tertiary/aromatic N) is 4. The standard InChI is InChI=1S/C40H42ClN5O4S/c1-27-31(6-3-7-35(27)36-8-4-9-38(28(36)2)48-13-5-11-46-12-10-33(47)23-46)25-50-40-16-39(49-24-30-14-29(17-42)18-43-19-30)32(15-37(40)41)20-44-21-34-22-45-26-51-34/h3-4,6-9,14-16,18-19,22,26,33,44,47H,5,10-13,20-21,23-25H2,1-2H3. The number of β-amino-alcohol motifs (C(OH)–C–C–N with tert-alkyl or cyclic N) is 1. The van der Waals surface area contributed by atoms with E-state index in [0.29, 0.717) is 48.4 Å². The first kappa shape index (κ1) is 36.3. The monoisotopic (exact) mass is 723 g/mol. The van der Waals surface area contributed by atoms with Crippen molar-refractivity contribution < 1.29 is 19.3 Å². The minimum Gasteiger partial charge on any atom is -0.493 e. The number of pyridine rings is 1. The Balaban J connectivity index is 1.15. The average Bonchev–Trinajstić information content (AvgIpc) is 3.82. The Bertz CT molecular complexity index is 1970. The van der Waals surface area contributed by atoms with E-state index in [1.165, 1.54) is 6.20 Å². The highest BCUT2D eigenvalue weighted by molar-refractivity contribution is 7.09. The molecule has 1 aliphatic heterocycles. The number of benzene rings is 3. The molecule has 3 aromatic carbocycles. The Hall–Kier alpha value is -4.50. The van der Waals surface area contributed by atoms with Crippen LogP contribution in [0.3, 0.4) is 0 Å². The van der Waals surface area contributed by atoms with Gasteiger partial charge in [0.15, 0.2) is 0 Å². The van der Waals surface area contributed by atoms with Crippen molar-refractivity contribution in [1.29, 1.82) is 5.26 Å². The maximum Gasteiger partial charge on any atom is 0.142 e. The molecule has 0 amide bonds. The van der Waals surface area contributed by atoms with E-state index in [9.17, 15) is 10.4 Å². The summed E-state index contributed by atoms with van der Waals surface area (Å²) in [5, 5.41) is 23.0. The molecule has 1 saturated heterocycles. The van der Waals surface area contributed by atoms with Gasteiger partial charge in [-0.3, -0.25) is 9.97 Å². The van der Waals surface area contributed by atoms with Crippen LogP contribution in [-0.4, -0.2) is 52.3 Å². The number of hydrogen-bond acceptors (Lipinski definition) is 10. The van der Waals surface area contributed by atoms with Crippen LogP contribution >= 0.6 is 22.9 Å². The van der Waals surface area contributed by atoms with Crippen molar-refractivity contribution in [2.24, 2.45) is 0 Å². The molecule has 51 heavy (non-hydrogen) atoms. The van der Waals surface area contributed by atoms with Crippen molar-refractivity contribution in [1.82, 2.24) is 20.2 Å². The van der Waals surface area contributed by atoms with Gasteiger partial charge < -0.3 is 29.5 Å². The highest BCUT2D eigenvalue weighted by Gasteiger charge is 2.20. The third-order valence-corrected chi connectivity index (χ3v) is 10.1. The summed E-state index contributed by atoms with van der Waals surface area (Å²) >= 11 is 8.41. The molecule has 11 heteroatoms. The fourth-order valence-electron chi connectivity index (χ4n) is 6.23. The summed E-state index contributed by atoms with van der Waals surface area (Å²) in [5.74, 6) is 2.03. The number of hydrogen-bond donors (Lipinski definition) is 2.